The molecule has 0 spiro atoms. The number of nitrogens with zero attached hydrogens (tertiary/aromatic N) is 1. The summed E-state index contributed by atoms with van der Waals surface area (Å²) >= 11 is 0. The van der Waals surface area contributed by atoms with Gasteiger partial charge in [-0.15, -0.1) is 4.91 Å². The summed E-state index contributed by atoms with van der Waals surface area (Å²) in [6.45, 7) is 13.9. The largest absolute Gasteiger partial charge is 0.145 e. The second-order valence-electron chi connectivity index (χ2n) is 2.77. The van der Waals surface area contributed by atoms with Crippen LogP contribution < -0.4 is 0 Å². The maximum absolute atomic E-state index is 10.3. The van der Waals surface area contributed by atoms with E-state index in [4.69, 9.17) is 0 Å². The van der Waals surface area contributed by atoms with Crippen LogP contribution in [0.2, 0.25) is 0 Å². The van der Waals surface area contributed by atoms with Gasteiger partial charge in [0.2, 0.25) is 0 Å². The van der Waals surface area contributed by atoms with E-state index < -0.39 is 0 Å². The van der Waals surface area contributed by atoms with Crippen molar-refractivity contribution >= 4 is 0 Å². The van der Waals surface area contributed by atoms with Crippen LogP contribution in [0.1, 0.15) is 61.3 Å². The van der Waals surface area contributed by atoms with Crippen LogP contribution in [0.5, 0.6) is 0 Å². The van der Waals surface area contributed by atoms with E-state index in [9.17, 15) is 4.91 Å². The van der Waals surface area contributed by atoms with Crippen LogP contribution in [-0.4, -0.2) is 0 Å². The van der Waals surface area contributed by atoms with Crippen LogP contribution >= 0.6 is 0 Å². The highest BCUT2D eigenvalue weighted by Crippen LogP contribution is 2.11. The average molecular weight is 239 g/mol. The molecule has 0 N–H and O–H groups in total. The van der Waals surface area contributed by atoms with Crippen molar-refractivity contribution in [1.29, 1.82) is 0 Å². The molecule has 0 aliphatic heterocycles. The van der Waals surface area contributed by atoms with Crippen molar-refractivity contribution < 1.29 is 0 Å². The van der Waals surface area contributed by atoms with Crippen molar-refractivity contribution in [3.63, 3.8) is 0 Å². The fraction of sp³-hybridized carbons (Fsp3) is 0.600. The summed E-state index contributed by atoms with van der Waals surface area (Å²) in [6.07, 6.45) is 9.59. The Balaban J connectivity index is -0.000000439. The SMILES string of the molecule is CC.CC.C\C=C/C(=C\C(=C/C)N=O)CCC. The molecule has 2 heteroatoms. The molecular formula is C15H29NO. The molecule has 0 unspecified atom stereocenters. The fourth-order valence-electron chi connectivity index (χ4n) is 1.06. The molecule has 0 aliphatic carbocycles. The Morgan fingerprint density at radius 2 is 1.65 bits per heavy atom. The highest BCUT2D eigenvalue weighted by molar-refractivity contribution is 5.28. The van der Waals surface area contributed by atoms with E-state index in [2.05, 4.69) is 12.1 Å². The van der Waals surface area contributed by atoms with Gasteiger partial charge in [-0.2, -0.15) is 0 Å². The molecule has 0 aliphatic rings. The molecule has 0 rings (SSSR count). The van der Waals surface area contributed by atoms with E-state index in [1.807, 2.05) is 59.8 Å². The van der Waals surface area contributed by atoms with Crippen molar-refractivity contribution in [2.24, 2.45) is 5.18 Å². The van der Waals surface area contributed by atoms with Gasteiger partial charge >= 0.3 is 0 Å². The molecule has 0 radical (unpaired) electrons. The third kappa shape index (κ3) is 14.8. The first-order valence-corrected chi connectivity index (χ1v) is 6.61. The van der Waals surface area contributed by atoms with E-state index in [0.29, 0.717) is 5.70 Å². The molecule has 0 atom stereocenters. The van der Waals surface area contributed by atoms with Crippen LogP contribution in [0.15, 0.2) is 40.8 Å². The van der Waals surface area contributed by atoms with Gasteiger partial charge in [-0.3, -0.25) is 0 Å². The lowest BCUT2D eigenvalue weighted by Gasteiger charge is -1.97. The van der Waals surface area contributed by atoms with E-state index in [1.54, 1.807) is 6.08 Å². The molecule has 0 saturated carbocycles. The normalized spacial score (nSPS) is 11.2. The number of allylic oxidation sites excluding steroid dienone is 5. The van der Waals surface area contributed by atoms with Gasteiger partial charge < -0.3 is 0 Å². The van der Waals surface area contributed by atoms with Gasteiger partial charge in [0.1, 0.15) is 5.70 Å². The van der Waals surface area contributed by atoms with Crippen LogP contribution in [0, 0.1) is 4.91 Å². The average Bonchev–Trinajstić information content (AvgIpc) is 2.41. The first kappa shape index (κ1) is 21.1. The maximum Gasteiger partial charge on any atom is 0.104 e. The van der Waals surface area contributed by atoms with E-state index in [1.165, 1.54) is 0 Å². The quantitative estimate of drug-likeness (QED) is 0.426. The molecule has 0 saturated heterocycles. The zero-order chi connectivity index (χ0) is 14.1. The standard InChI is InChI=1S/C11H17NO.2C2H6/c1-4-7-10(8-5-2)9-11(6-3)12-13;2*1-2/h4,6-7,9H,5,8H2,1-3H3;2*1-2H3/b7-4-,10-9+,11-6+;;. The second-order valence-corrected chi connectivity index (χ2v) is 2.77. The Hall–Kier alpha value is -1.18. The molecule has 0 amide bonds. The van der Waals surface area contributed by atoms with Gasteiger partial charge in [0.25, 0.3) is 0 Å². The van der Waals surface area contributed by atoms with Crippen LogP contribution in [0.4, 0.5) is 0 Å². The summed E-state index contributed by atoms with van der Waals surface area (Å²) in [4.78, 5) is 10.3. The lowest BCUT2D eigenvalue weighted by atomic mass is 10.1. The summed E-state index contributed by atoms with van der Waals surface area (Å²) in [5.74, 6) is 0. The van der Waals surface area contributed by atoms with Crippen molar-refractivity contribution in [1.82, 2.24) is 0 Å². The van der Waals surface area contributed by atoms with Crippen molar-refractivity contribution in [3.8, 4) is 0 Å². The summed E-state index contributed by atoms with van der Waals surface area (Å²) in [5.41, 5.74) is 1.65. The Morgan fingerprint density at radius 3 is 1.94 bits per heavy atom. The molecular weight excluding hydrogens is 210 g/mol. The van der Waals surface area contributed by atoms with Gasteiger partial charge in [0, 0.05) is 0 Å². The predicted octanol–water partition coefficient (Wildman–Crippen LogP) is 6.01. The van der Waals surface area contributed by atoms with Gasteiger partial charge in [0.15, 0.2) is 0 Å². The lowest BCUT2D eigenvalue weighted by molar-refractivity contribution is 0.924. The minimum absolute atomic E-state index is 0.501. The number of rotatable bonds is 5. The van der Waals surface area contributed by atoms with Crippen molar-refractivity contribution in [2.75, 3.05) is 0 Å². The van der Waals surface area contributed by atoms with Crippen LogP contribution in [0.25, 0.3) is 0 Å². The van der Waals surface area contributed by atoms with E-state index in [0.717, 1.165) is 18.4 Å². The number of hydrogen-bond acceptors (Lipinski definition) is 2. The third-order valence-corrected chi connectivity index (χ3v) is 1.65. The molecule has 0 aromatic rings. The summed E-state index contributed by atoms with van der Waals surface area (Å²) in [5, 5.41) is 2.91. The molecule has 0 aromatic carbocycles. The second kappa shape index (κ2) is 20.3. The highest BCUT2D eigenvalue weighted by Gasteiger charge is 1.93. The fourth-order valence-corrected chi connectivity index (χ4v) is 1.06. The maximum atomic E-state index is 10.3. The van der Waals surface area contributed by atoms with Gasteiger partial charge in [-0.05, 0) is 37.1 Å². The van der Waals surface area contributed by atoms with E-state index >= 15 is 0 Å². The molecule has 2 nitrogen and oxygen atoms in total. The third-order valence-electron chi connectivity index (χ3n) is 1.65. The first-order valence-electron chi connectivity index (χ1n) is 6.61. The van der Waals surface area contributed by atoms with E-state index in [-0.39, 0.29) is 0 Å². The zero-order valence-electron chi connectivity index (χ0n) is 12.6. The Bertz CT molecular complexity index is 237. The first-order chi connectivity index (χ1) is 8.28. The lowest BCUT2D eigenvalue weighted by Crippen LogP contribution is -1.79. The van der Waals surface area contributed by atoms with Gasteiger partial charge in [-0.25, -0.2) is 0 Å². The summed E-state index contributed by atoms with van der Waals surface area (Å²) < 4.78 is 0. The minimum Gasteiger partial charge on any atom is -0.145 e. The highest BCUT2D eigenvalue weighted by atomic mass is 16.3. The predicted molar refractivity (Wildman–Crippen MR) is 80.1 cm³/mol. The Morgan fingerprint density at radius 1 is 1.12 bits per heavy atom. The monoisotopic (exact) mass is 239 g/mol. The van der Waals surface area contributed by atoms with Gasteiger partial charge in [-0.1, -0.05) is 59.3 Å². The number of nitroso groups, excluding NO2 is 1. The molecule has 0 aromatic heterocycles. The van der Waals surface area contributed by atoms with Crippen molar-refractivity contribution in [3.05, 3.63) is 40.5 Å². The molecule has 0 fully saturated rings. The zero-order valence-corrected chi connectivity index (χ0v) is 12.6. The summed E-state index contributed by atoms with van der Waals surface area (Å²) in [7, 11) is 0. The van der Waals surface area contributed by atoms with Crippen LogP contribution in [0.3, 0.4) is 0 Å². The summed E-state index contributed by atoms with van der Waals surface area (Å²) in [6, 6.07) is 0. The molecule has 100 valence electrons. The minimum atomic E-state index is 0.501. The smallest absolute Gasteiger partial charge is 0.104 e. The van der Waals surface area contributed by atoms with Crippen LogP contribution in [-0.2, 0) is 0 Å². The van der Waals surface area contributed by atoms with Gasteiger partial charge in [0.05, 0.1) is 0 Å². The topological polar surface area (TPSA) is 29.4 Å². The Labute approximate surface area is 107 Å². The molecule has 17 heavy (non-hydrogen) atoms. The molecule has 0 heterocycles. The Kier molecular flexibility index (Phi) is 25.2. The number of hydrogen-bond donors (Lipinski definition) is 0. The van der Waals surface area contributed by atoms with Crippen molar-refractivity contribution in [2.45, 2.75) is 61.3 Å². The molecule has 0 bridgehead atoms.